The van der Waals surface area contributed by atoms with Gasteiger partial charge in [-0.05, 0) is 30.4 Å². The van der Waals surface area contributed by atoms with Crippen LogP contribution in [0.1, 0.15) is 30.4 Å². The van der Waals surface area contributed by atoms with Gasteiger partial charge >= 0.3 is 5.97 Å². The minimum Gasteiger partial charge on any atom is -0.481 e. The minimum absolute atomic E-state index is 0.0153. The van der Waals surface area contributed by atoms with Crippen molar-refractivity contribution < 1.29 is 20.1 Å². The molecule has 0 heterocycles. The molecular formula is C13H18O4. The first kappa shape index (κ1) is 13.7. The van der Waals surface area contributed by atoms with Crippen LogP contribution in [-0.2, 0) is 17.8 Å². The molecule has 0 saturated heterocycles. The van der Waals surface area contributed by atoms with Crippen LogP contribution >= 0.6 is 0 Å². The Balaban J connectivity index is 2.34. The Bertz CT molecular complexity index is 345. The molecule has 0 fully saturated rings. The van der Waals surface area contributed by atoms with E-state index in [0.717, 1.165) is 11.1 Å². The predicted octanol–water partition coefficient (Wildman–Crippen LogP) is 1.34. The van der Waals surface area contributed by atoms with Gasteiger partial charge < -0.3 is 15.3 Å². The summed E-state index contributed by atoms with van der Waals surface area (Å²) < 4.78 is 0. The highest BCUT2D eigenvalue weighted by Crippen LogP contribution is 2.10. The summed E-state index contributed by atoms with van der Waals surface area (Å²) >= 11 is 0. The van der Waals surface area contributed by atoms with Gasteiger partial charge in [-0.25, -0.2) is 0 Å². The molecule has 0 aliphatic rings. The summed E-state index contributed by atoms with van der Waals surface area (Å²) in [6.07, 6.45) is 1.10. The van der Waals surface area contributed by atoms with Crippen molar-refractivity contribution in [3.05, 3.63) is 35.4 Å². The van der Waals surface area contributed by atoms with Gasteiger partial charge in [-0.15, -0.1) is 0 Å². The van der Waals surface area contributed by atoms with Crippen LogP contribution in [-0.4, -0.2) is 27.4 Å². The second-order valence-corrected chi connectivity index (χ2v) is 4.12. The molecule has 0 aliphatic carbocycles. The molecule has 3 N–H and O–H groups in total. The van der Waals surface area contributed by atoms with Crippen LogP contribution in [0.5, 0.6) is 0 Å². The molecule has 4 heteroatoms. The monoisotopic (exact) mass is 238 g/mol. The molecule has 94 valence electrons. The van der Waals surface area contributed by atoms with Crippen LogP contribution in [0.15, 0.2) is 24.3 Å². The van der Waals surface area contributed by atoms with Crippen LogP contribution in [0.4, 0.5) is 0 Å². The van der Waals surface area contributed by atoms with Gasteiger partial charge in [0.15, 0.2) is 0 Å². The van der Waals surface area contributed by atoms with E-state index in [1.165, 1.54) is 0 Å². The Morgan fingerprint density at radius 1 is 1.18 bits per heavy atom. The first-order valence-electron chi connectivity index (χ1n) is 5.70. The van der Waals surface area contributed by atoms with E-state index >= 15 is 0 Å². The third kappa shape index (κ3) is 5.47. The molecule has 0 amide bonds. The van der Waals surface area contributed by atoms with Crippen molar-refractivity contribution in [2.75, 3.05) is 0 Å². The van der Waals surface area contributed by atoms with E-state index in [0.29, 0.717) is 19.3 Å². The molecule has 0 aliphatic heterocycles. The third-order valence-corrected chi connectivity index (χ3v) is 2.60. The standard InChI is InChI=1S/C13H18O4/c14-9-11-6-4-10(5-7-11)8-12(15)2-1-3-13(16)17/h4-7,12,14-15H,1-3,8-9H2,(H,16,17). The number of carboxylic acids is 1. The lowest BCUT2D eigenvalue weighted by Crippen LogP contribution is -2.11. The van der Waals surface area contributed by atoms with E-state index in [1.54, 1.807) is 0 Å². The zero-order valence-electron chi connectivity index (χ0n) is 9.67. The molecule has 1 atom stereocenters. The fourth-order valence-electron chi connectivity index (χ4n) is 1.64. The van der Waals surface area contributed by atoms with E-state index in [9.17, 15) is 9.90 Å². The topological polar surface area (TPSA) is 77.8 Å². The first-order chi connectivity index (χ1) is 8.11. The van der Waals surface area contributed by atoms with Crippen molar-refractivity contribution in [3.8, 4) is 0 Å². The van der Waals surface area contributed by atoms with Crippen molar-refractivity contribution in [2.45, 2.75) is 38.4 Å². The predicted molar refractivity (Wildman–Crippen MR) is 63.6 cm³/mol. The number of rotatable bonds is 7. The third-order valence-electron chi connectivity index (χ3n) is 2.60. The van der Waals surface area contributed by atoms with Crippen LogP contribution in [0.25, 0.3) is 0 Å². The van der Waals surface area contributed by atoms with Crippen LogP contribution in [0.3, 0.4) is 0 Å². The van der Waals surface area contributed by atoms with Crippen LogP contribution < -0.4 is 0 Å². The van der Waals surface area contributed by atoms with Gasteiger partial charge in [0.2, 0.25) is 0 Å². The summed E-state index contributed by atoms with van der Waals surface area (Å²) in [5, 5.41) is 27.0. The number of aliphatic carboxylic acids is 1. The lowest BCUT2D eigenvalue weighted by molar-refractivity contribution is -0.137. The summed E-state index contributed by atoms with van der Waals surface area (Å²) in [5.74, 6) is -0.829. The van der Waals surface area contributed by atoms with Gasteiger partial charge in [-0.2, -0.15) is 0 Å². The molecule has 1 aromatic carbocycles. The summed E-state index contributed by atoms with van der Waals surface area (Å²) in [6, 6.07) is 7.37. The van der Waals surface area contributed by atoms with Gasteiger partial charge in [0.1, 0.15) is 0 Å². The average molecular weight is 238 g/mol. The second-order valence-electron chi connectivity index (χ2n) is 4.12. The number of aliphatic hydroxyl groups is 2. The first-order valence-corrected chi connectivity index (χ1v) is 5.70. The second kappa shape index (κ2) is 7.04. The lowest BCUT2D eigenvalue weighted by Gasteiger charge is -2.10. The van der Waals surface area contributed by atoms with E-state index < -0.39 is 12.1 Å². The Morgan fingerprint density at radius 3 is 2.29 bits per heavy atom. The highest BCUT2D eigenvalue weighted by molar-refractivity contribution is 5.66. The van der Waals surface area contributed by atoms with E-state index in [4.69, 9.17) is 10.2 Å². The molecule has 1 unspecified atom stereocenters. The molecule has 4 nitrogen and oxygen atoms in total. The molecule has 1 rings (SSSR count). The maximum atomic E-state index is 10.3. The largest absolute Gasteiger partial charge is 0.481 e. The van der Waals surface area contributed by atoms with Crippen molar-refractivity contribution in [2.24, 2.45) is 0 Å². The number of hydrogen-bond acceptors (Lipinski definition) is 3. The Kier molecular flexibility index (Phi) is 5.66. The minimum atomic E-state index is -0.829. The number of carbonyl (C=O) groups is 1. The highest BCUT2D eigenvalue weighted by atomic mass is 16.4. The van der Waals surface area contributed by atoms with Gasteiger partial charge in [-0.3, -0.25) is 4.79 Å². The number of aliphatic hydroxyl groups excluding tert-OH is 2. The quantitative estimate of drug-likeness (QED) is 0.670. The van der Waals surface area contributed by atoms with Gasteiger partial charge in [-0.1, -0.05) is 24.3 Å². The number of benzene rings is 1. The zero-order valence-corrected chi connectivity index (χ0v) is 9.67. The number of hydrogen-bond donors (Lipinski definition) is 3. The molecule has 0 saturated carbocycles. The summed E-state index contributed by atoms with van der Waals surface area (Å²) in [4.78, 5) is 10.3. The molecule has 0 aromatic heterocycles. The molecule has 0 bridgehead atoms. The molecule has 0 spiro atoms. The van der Waals surface area contributed by atoms with Crippen molar-refractivity contribution in [1.82, 2.24) is 0 Å². The Labute approximate surface area is 101 Å². The summed E-state index contributed by atoms with van der Waals surface area (Å²) in [5.41, 5.74) is 1.83. The van der Waals surface area contributed by atoms with E-state index in [1.807, 2.05) is 24.3 Å². The van der Waals surface area contributed by atoms with Crippen molar-refractivity contribution >= 4 is 5.97 Å². The maximum Gasteiger partial charge on any atom is 0.303 e. The van der Waals surface area contributed by atoms with Crippen molar-refractivity contribution in [1.29, 1.82) is 0 Å². The normalized spacial score (nSPS) is 12.4. The van der Waals surface area contributed by atoms with Gasteiger partial charge in [0.25, 0.3) is 0 Å². The molecule has 1 aromatic rings. The smallest absolute Gasteiger partial charge is 0.303 e. The molecule has 17 heavy (non-hydrogen) atoms. The fourth-order valence-corrected chi connectivity index (χ4v) is 1.64. The molecule has 0 radical (unpaired) electrons. The lowest BCUT2D eigenvalue weighted by atomic mass is 10.0. The van der Waals surface area contributed by atoms with Crippen LogP contribution in [0, 0.1) is 0 Å². The Hall–Kier alpha value is -1.39. The zero-order chi connectivity index (χ0) is 12.7. The van der Waals surface area contributed by atoms with E-state index in [-0.39, 0.29) is 13.0 Å². The summed E-state index contributed by atoms with van der Waals surface area (Å²) in [7, 11) is 0. The van der Waals surface area contributed by atoms with Gasteiger partial charge in [0.05, 0.1) is 12.7 Å². The summed E-state index contributed by atoms with van der Waals surface area (Å²) in [6.45, 7) is 0.0153. The Morgan fingerprint density at radius 2 is 1.76 bits per heavy atom. The molecular weight excluding hydrogens is 220 g/mol. The van der Waals surface area contributed by atoms with E-state index in [2.05, 4.69) is 0 Å². The average Bonchev–Trinajstić information content (AvgIpc) is 2.29. The highest BCUT2D eigenvalue weighted by Gasteiger charge is 2.07. The maximum absolute atomic E-state index is 10.3. The van der Waals surface area contributed by atoms with Crippen molar-refractivity contribution in [3.63, 3.8) is 0 Å². The fraction of sp³-hybridized carbons (Fsp3) is 0.462. The van der Waals surface area contributed by atoms with Gasteiger partial charge in [0, 0.05) is 6.42 Å². The SMILES string of the molecule is O=C(O)CCCC(O)Cc1ccc(CO)cc1. The number of carboxylic acid groups (broad SMARTS) is 1. The van der Waals surface area contributed by atoms with Crippen LogP contribution in [0.2, 0.25) is 0 Å².